The zero-order chi connectivity index (χ0) is 14.5. The number of aromatic nitrogens is 2. The van der Waals surface area contributed by atoms with E-state index in [1.165, 1.54) is 23.1 Å². The van der Waals surface area contributed by atoms with Gasteiger partial charge in [-0.15, -0.1) is 10.2 Å². The number of carbonyl (C=O) groups excluding carboxylic acids is 1. The van der Waals surface area contributed by atoms with Crippen LogP contribution in [-0.2, 0) is 4.79 Å². The van der Waals surface area contributed by atoms with Gasteiger partial charge in [0.2, 0.25) is 11.0 Å². The minimum Gasteiger partial charge on any atom is -0.374 e. The van der Waals surface area contributed by atoms with Gasteiger partial charge in [0.1, 0.15) is 0 Å². The number of carbonyl (C=O) groups is 1. The third-order valence-electron chi connectivity index (χ3n) is 2.44. The summed E-state index contributed by atoms with van der Waals surface area (Å²) in [6.45, 7) is 1.96. The lowest BCUT2D eigenvalue weighted by molar-refractivity contribution is -0.115. The summed E-state index contributed by atoms with van der Waals surface area (Å²) < 4.78 is 1.68. The Morgan fingerprint density at radius 1 is 1.45 bits per heavy atom. The first-order valence-electron chi connectivity index (χ1n) is 5.90. The molecule has 0 radical (unpaired) electrons. The average Bonchev–Trinajstić information content (AvgIpc) is 2.84. The Kier molecular flexibility index (Phi) is 5.38. The van der Waals surface area contributed by atoms with Crippen LogP contribution in [0.1, 0.15) is 13.3 Å². The van der Waals surface area contributed by atoms with Gasteiger partial charge in [-0.05, 0) is 30.7 Å². The second kappa shape index (κ2) is 7.05. The molecule has 2 aromatic rings. The monoisotopic (exact) mass is 372 g/mol. The normalized spacial score (nSPS) is 12.1. The van der Waals surface area contributed by atoms with Gasteiger partial charge < -0.3 is 11.1 Å². The quantitative estimate of drug-likeness (QED) is 0.786. The highest BCUT2D eigenvalue weighted by Crippen LogP contribution is 2.29. The summed E-state index contributed by atoms with van der Waals surface area (Å²) in [4.78, 5) is 12.2. The van der Waals surface area contributed by atoms with Gasteiger partial charge in [0.15, 0.2) is 4.34 Å². The van der Waals surface area contributed by atoms with Crippen LogP contribution < -0.4 is 11.1 Å². The van der Waals surface area contributed by atoms with Crippen LogP contribution in [0.5, 0.6) is 0 Å². The lowest BCUT2D eigenvalue weighted by atomic mass is 10.3. The molecule has 0 spiro atoms. The smallest absolute Gasteiger partial charge is 0.237 e. The minimum absolute atomic E-state index is 0.0476. The summed E-state index contributed by atoms with van der Waals surface area (Å²) in [7, 11) is 0. The Morgan fingerprint density at radius 2 is 2.15 bits per heavy atom. The fraction of sp³-hybridized carbons (Fsp3) is 0.250. The van der Waals surface area contributed by atoms with Crippen molar-refractivity contribution in [2.45, 2.75) is 22.9 Å². The summed E-state index contributed by atoms with van der Waals surface area (Å²) in [6.07, 6.45) is 0.701. The molecule has 1 atom stereocenters. The molecule has 106 valence electrons. The maximum absolute atomic E-state index is 12.2. The maximum Gasteiger partial charge on any atom is 0.237 e. The highest BCUT2D eigenvalue weighted by atomic mass is 79.9. The van der Waals surface area contributed by atoms with Gasteiger partial charge in [-0.1, -0.05) is 46.0 Å². The topological polar surface area (TPSA) is 80.9 Å². The second-order valence-corrected chi connectivity index (χ2v) is 7.29. The summed E-state index contributed by atoms with van der Waals surface area (Å²) in [5.41, 5.74) is 6.31. The van der Waals surface area contributed by atoms with E-state index in [-0.39, 0.29) is 11.2 Å². The molecular weight excluding hydrogens is 360 g/mol. The number of rotatable bonds is 5. The highest BCUT2D eigenvalue weighted by molar-refractivity contribution is 9.10. The molecule has 0 unspecified atom stereocenters. The zero-order valence-corrected chi connectivity index (χ0v) is 13.9. The number of nitrogens with two attached hydrogens (primary N) is 1. The van der Waals surface area contributed by atoms with Gasteiger partial charge >= 0.3 is 0 Å². The number of nitrogens with one attached hydrogen (secondary N) is 1. The number of nitrogen functional groups attached to an aromatic ring is 1. The van der Waals surface area contributed by atoms with Crippen LogP contribution in [0.3, 0.4) is 0 Å². The standard InChI is InChI=1S/C12H13BrN4OS2/c1-2-9(19-12-17-16-11(14)20-12)10(18)15-8-5-3-7(13)4-6-8/h3-6,9H,2H2,1H3,(H2,14,16)(H,15,18)/t9-/m1/s1. The van der Waals surface area contributed by atoms with Crippen molar-refractivity contribution in [1.29, 1.82) is 0 Å². The molecule has 0 fully saturated rings. The van der Waals surface area contributed by atoms with Crippen LogP contribution in [0.15, 0.2) is 33.1 Å². The van der Waals surface area contributed by atoms with Crippen molar-refractivity contribution < 1.29 is 4.79 Å². The average molecular weight is 373 g/mol. The fourth-order valence-corrected chi connectivity index (χ4v) is 3.54. The molecule has 3 N–H and O–H groups in total. The van der Waals surface area contributed by atoms with Gasteiger partial charge in [0.25, 0.3) is 0 Å². The minimum atomic E-state index is -0.217. The third-order valence-corrected chi connectivity index (χ3v) is 5.17. The van der Waals surface area contributed by atoms with Crippen LogP contribution >= 0.6 is 39.0 Å². The van der Waals surface area contributed by atoms with E-state index in [1.54, 1.807) is 0 Å². The van der Waals surface area contributed by atoms with Crippen molar-refractivity contribution in [2.75, 3.05) is 11.1 Å². The number of benzene rings is 1. The Labute approximate surface area is 133 Å². The first-order valence-corrected chi connectivity index (χ1v) is 8.39. The van der Waals surface area contributed by atoms with E-state index < -0.39 is 0 Å². The molecule has 20 heavy (non-hydrogen) atoms. The van der Waals surface area contributed by atoms with E-state index in [9.17, 15) is 4.79 Å². The summed E-state index contributed by atoms with van der Waals surface area (Å²) >= 11 is 6.03. The Balaban J connectivity index is 2.00. The van der Waals surface area contributed by atoms with E-state index >= 15 is 0 Å². The third kappa shape index (κ3) is 4.19. The Hall–Kier alpha value is -1.12. The van der Waals surface area contributed by atoms with Crippen LogP contribution in [0.4, 0.5) is 10.8 Å². The van der Waals surface area contributed by atoms with Gasteiger partial charge in [-0.3, -0.25) is 4.79 Å². The number of amides is 1. The molecule has 0 aliphatic carbocycles. The maximum atomic E-state index is 12.2. The number of thioether (sulfide) groups is 1. The molecule has 8 heteroatoms. The van der Waals surface area contributed by atoms with Gasteiger partial charge in [-0.2, -0.15) is 0 Å². The summed E-state index contributed by atoms with van der Waals surface area (Å²) in [6, 6.07) is 7.47. The Bertz CT molecular complexity index is 587. The SMILES string of the molecule is CC[C@@H](Sc1nnc(N)s1)C(=O)Nc1ccc(Br)cc1. The molecule has 5 nitrogen and oxygen atoms in total. The number of halogens is 1. The number of hydrogen-bond acceptors (Lipinski definition) is 6. The van der Waals surface area contributed by atoms with Crippen molar-refractivity contribution in [1.82, 2.24) is 10.2 Å². The first kappa shape index (κ1) is 15.3. The largest absolute Gasteiger partial charge is 0.374 e. The van der Waals surface area contributed by atoms with Crippen molar-refractivity contribution in [2.24, 2.45) is 0 Å². The molecule has 1 aromatic carbocycles. The molecule has 0 bridgehead atoms. The van der Waals surface area contributed by atoms with E-state index in [2.05, 4.69) is 31.4 Å². The Morgan fingerprint density at radius 3 is 2.70 bits per heavy atom. The predicted molar refractivity (Wildman–Crippen MR) is 87.0 cm³/mol. The molecule has 0 aliphatic heterocycles. The van der Waals surface area contributed by atoms with Crippen LogP contribution in [0, 0.1) is 0 Å². The molecule has 2 rings (SSSR count). The van der Waals surface area contributed by atoms with Gasteiger partial charge in [0, 0.05) is 10.2 Å². The van der Waals surface area contributed by atoms with Gasteiger partial charge in [0.05, 0.1) is 5.25 Å². The molecule has 0 aliphatic rings. The van der Waals surface area contributed by atoms with E-state index in [4.69, 9.17) is 5.73 Å². The second-order valence-electron chi connectivity index (χ2n) is 3.92. The molecule has 1 amide bonds. The number of nitrogens with zero attached hydrogens (tertiary/aromatic N) is 2. The van der Waals surface area contributed by atoms with Crippen LogP contribution in [-0.4, -0.2) is 21.4 Å². The molecule has 1 heterocycles. The van der Waals surface area contributed by atoms with E-state index in [0.717, 1.165) is 10.2 Å². The predicted octanol–water partition coefficient (Wildman–Crippen LogP) is 3.39. The molecule has 0 saturated heterocycles. The molecule has 0 saturated carbocycles. The van der Waals surface area contributed by atoms with E-state index in [1.807, 2.05) is 31.2 Å². The zero-order valence-electron chi connectivity index (χ0n) is 10.7. The van der Waals surface area contributed by atoms with Gasteiger partial charge in [-0.25, -0.2) is 0 Å². The number of hydrogen-bond donors (Lipinski definition) is 2. The van der Waals surface area contributed by atoms with Crippen molar-refractivity contribution in [3.05, 3.63) is 28.7 Å². The first-order chi connectivity index (χ1) is 9.58. The summed E-state index contributed by atoms with van der Waals surface area (Å²) in [5, 5.41) is 10.8. The van der Waals surface area contributed by atoms with E-state index in [0.29, 0.717) is 15.9 Å². The van der Waals surface area contributed by atoms with Crippen LogP contribution in [0.25, 0.3) is 0 Å². The number of anilines is 2. The summed E-state index contributed by atoms with van der Waals surface area (Å²) in [5.74, 6) is -0.0476. The highest BCUT2D eigenvalue weighted by Gasteiger charge is 2.20. The van der Waals surface area contributed by atoms with Crippen molar-refractivity contribution in [3.8, 4) is 0 Å². The van der Waals surface area contributed by atoms with Crippen molar-refractivity contribution in [3.63, 3.8) is 0 Å². The fourth-order valence-electron chi connectivity index (χ4n) is 1.47. The lowest BCUT2D eigenvalue weighted by Gasteiger charge is -2.13. The van der Waals surface area contributed by atoms with Crippen molar-refractivity contribution >= 4 is 55.8 Å². The molecule has 1 aromatic heterocycles. The van der Waals surface area contributed by atoms with Crippen LogP contribution in [0.2, 0.25) is 0 Å². The molecular formula is C12H13BrN4OS2. The lowest BCUT2D eigenvalue weighted by Crippen LogP contribution is -2.24.